The van der Waals surface area contributed by atoms with Crippen molar-refractivity contribution >= 4 is 0 Å². The summed E-state index contributed by atoms with van der Waals surface area (Å²) in [7, 11) is 2.18. The molecule has 3 atom stereocenters. The summed E-state index contributed by atoms with van der Waals surface area (Å²) in [5, 5.41) is 14.1. The first kappa shape index (κ1) is 9.58. The molecule has 1 aromatic rings. The minimum atomic E-state index is 0.614. The van der Waals surface area contributed by atoms with Gasteiger partial charge in [0.2, 0.25) is 0 Å². The quantitative estimate of drug-likeness (QED) is 0.738. The molecule has 0 radical (unpaired) electrons. The van der Waals surface area contributed by atoms with Gasteiger partial charge in [-0.25, -0.2) is 0 Å². The molecule has 78 valence electrons. The number of H-pyrrole nitrogens is 1. The zero-order chi connectivity index (χ0) is 10.1. The highest BCUT2D eigenvalue weighted by molar-refractivity contribution is 4.93. The highest BCUT2D eigenvalue weighted by atomic mass is 15.5. The maximum atomic E-state index is 4.01. The van der Waals surface area contributed by atoms with Crippen molar-refractivity contribution in [1.29, 1.82) is 0 Å². The molecule has 1 fully saturated rings. The molecular weight excluding hydrogens is 178 g/mol. The van der Waals surface area contributed by atoms with Crippen molar-refractivity contribution in [1.82, 2.24) is 25.5 Å². The van der Waals surface area contributed by atoms with Crippen LogP contribution in [0.3, 0.4) is 0 Å². The Labute approximate surface area is 83.9 Å². The lowest BCUT2D eigenvalue weighted by atomic mass is 9.89. The summed E-state index contributed by atoms with van der Waals surface area (Å²) in [5.74, 6) is 2.20. The van der Waals surface area contributed by atoms with E-state index in [4.69, 9.17) is 0 Å². The van der Waals surface area contributed by atoms with Crippen molar-refractivity contribution in [3.63, 3.8) is 0 Å². The highest BCUT2D eigenvalue weighted by Gasteiger charge is 2.34. The molecule has 14 heavy (non-hydrogen) atoms. The molecule has 0 bridgehead atoms. The molecule has 5 nitrogen and oxygen atoms in total. The standard InChI is InChI=1S/C9H17N5/c1-6-5-14(3)7(2)8(6)4-9-10-12-13-11-9/h6-8H,4-5H2,1-3H3,(H,10,11,12,13). The normalized spacial score (nSPS) is 33.8. The number of nitrogens with one attached hydrogen (secondary N) is 1. The number of aromatic nitrogens is 4. The van der Waals surface area contributed by atoms with Gasteiger partial charge >= 0.3 is 0 Å². The van der Waals surface area contributed by atoms with Crippen molar-refractivity contribution in [2.45, 2.75) is 26.3 Å². The Morgan fingerprint density at radius 1 is 1.50 bits per heavy atom. The average Bonchev–Trinajstić information content (AvgIpc) is 2.71. The van der Waals surface area contributed by atoms with Crippen LogP contribution in [-0.2, 0) is 6.42 Å². The third-order valence-corrected chi connectivity index (χ3v) is 3.43. The number of hydrogen-bond acceptors (Lipinski definition) is 4. The Kier molecular flexibility index (Phi) is 2.50. The van der Waals surface area contributed by atoms with Crippen LogP contribution < -0.4 is 0 Å². The van der Waals surface area contributed by atoms with Gasteiger partial charge in [0, 0.05) is 19.0 Å². The smallest absolute Gasteiger partial charge is 0.174 e. The summed E-state index contributed by atoms with van der Waals surface area (Å²) in [5.41, 5.74) is 0. The van der Waals surface area contributed by atoms with Gasteiger partial charge in [0.15, 0.2) is 5.82 Å². The van der Waals surface area contributed by atoms with Crippen LogP contribution in [0.5, 0.6) is 0 Å². The van der Waals surface area contributed by atoms with E-state index in [2.05, 4.69) is 46.4 Å². The molecule has 0 saturated carbocycles. The molecule has 0 aliphatic carbocycles. The molecule has 1 saturated heterocycles. The summed E-state index contributed by atoms with van der Waals surface area (Å²) in [4.78, 5) is 2.40. The van der Waals surface area contributed by atoms with Crippen LogP contribution in [-0.4, -0.2) is 45.2 Å². The minimum Gasteiger partial charge on any atom is -0.303 e. The fourth-order valence-corrected chi connectivity index (χ4v) is 2.41. The van der Waals surface area contributed by atoms with E-state index in [1.807, 2.05) is 0 Å². The van der Waals surface area contributed by atoms with Crippen molar-refractivity contribution in [2.75, 3.05) is 13.6 Å². The summed E-state index contributed by atoms with van der Waals surface area (Å²) < 4.78 is 0. The van der Waals surface area contributed by atoms with E-state index in [1.54, 1.807) is 0 Å². The van der Waals surface area contributed by atoms with E-state index < -0.39 is 0 Å². The van der Waals surface area contributed by atoms with Gasteiger partial charge in [-0.1, -0.05) is 12.1 Å². The van der Waals surface area contributed by atoms with Gasteiger partial charge in [-0.2, -0.15) is 5.21 Å². The Balaban J connectivity index is 2.04. The molecule has 1 aliphatic heterocycles. The molecule has 1 aromatic heterocycles. The first-order chi connectivity index (χ1) is 6.68. The molecule has 1 N–H and O–H groups in total. The fourth-order valence-electron chi connectivity index (χ4n) is 2.41. The van der Waals surface area contributed by atoms with Crippen LogP contribution in [0.15, 0.2) is 0 Å². The number of nitrogens with zero attached hydrogens (tertiary/aromatic N) is 4. The fraction of sp³-hybridized carbons (Fsp3) is 0.889. The number of likely N-dealkylation sites (tertiary alicyclic amines) is 1. The monoisotopic (exact) mass is 195 g/mol. The molecule has 2 heterocycles. The predicted octanol–water partition coefficient (Wildman–Crippen LogP) is 0.328. The lowest BCUT2D eigenvalue weighted by Gasteiger charge is -2.20. The zero-order valence-electron chi connectivity index (χ0n) is 8.94. The first-order valence-corrected chi connectivity index (χ1v) is 5.11. The minimum absolute atomic E-state index is 0.614. The van der Waals surface area contributed by atoms with Gasteiger partial charge in [0.1, 0.15) is 0 Å². The molecular formula is C9H17N5. The molecule has 5 heteroatoms. The molecule has 3 unspecified atom stereocenters. The van der Waals surface area contributed by atoms with Crippen LogP contribution >= 0.6 is 0 Å². The molecule has 1 aliphatic rings. The summed E-state index contributed by atoms with van der Waals surface area (Å²) >= 11 is 0. The largest absolute Gasteiger partial charge is 0.303 e. The Hall–Kier alpha value is -0.970. The van der Waals surface area contributed by atoms with E-state index in [0.717, 1.165) is 12.2 Å². The van der Waals surface area contributed by atoms with Crippen molar-refractivity contribution < 1.29 is 0 Å². The second-order valence-electron chi connectivity index (χ2n) is 4.35. The number of aromatic amines is 1. The third kappa shape index (κ3) is 1.64. The molecule has 2 rings (SSSR count). The molecule has 0 aromatic carbocycles. The highest BCUT2D eigenvalue weighted by Crippen LogP contribution is 2.29. The maximum Gasteiger partial charge on any atom is 0.174 e. The van der Waals surface area contributed by atoms with Crippen LogP contribution in [0.1, 0.15) is 19.7 Å². The lowest BCUT2D eigenvalue weighted by molar-refractivity contribution is 0.287. The second kappa shape index (κ2) is 3.65. The van der Waals surface area contributed by atoms with Crippen LogP contribution in [0.2, 0.25) is 0 Å². The third-order valence-electron chi connectivity index (χ3n) is 3.43. The maximum absolute atomic E-state index is 4.01. The van der Waals surface area contributed by atoms with E-state index >= 15 is 0 Å². The van der Waals surface area contributed by atoms with Gasteiger partial charge in [0.25, 0.3) is 0 Å². The summed E-state index contributed by atoms with van der Waals surface area (Å²) in [6.45, 7) is 5.74. The Bertz CT molecular complexity index is 283. The van der Waals surface area contributed by atoms with Crippen LogP contribution in [0.25, 0.3) is 0 Å². The van der Waals surface area contributed by atoms with Crippen molar-refractivity contribution in [2.24, 2.45) is 11.8 Å². The number of rotatable bonds is 2. The van der Waals surface area contributed by atoms with Gasteiger partial charge < -0.3 is 4.90 Å². The van der Waals surface area contributed by atoms with Crippen LogP contribution in [0, 0.1) is 11.8 Å². The second-order valence-corrected chi connectivity index (χ2v) is 4.35. The average molecular weight is 195 g/mol. The Morgan fingerprint density at radius 2 is 2.29 bits per heavy atom. The molecule has 0 amide bonds. The zero-order valence-corrected chi connectivity index (χ0v) is 8.94. The topological polar surface area (TPSA) is 57.7 Å². The van der Waals surface area contributed by atoms with Crippen molar-refractivity contribution in [3.05, 3.63) is 5.82 Å². The van der Waals surface area contributed by atoms with Gasteiger partial charge in [-0.05, 0) is 25.8 Å². The SMILES string of the molecule is CC1CN(C)C(C)C1Cc1nn[nH]n1. The summed E-state index contributed by atoms with van der Waals surface area (Å²) in [6, 6.07) is 0.614. The first-order valence-electron chi connectivity index (χ1n) is 5.11. The Morgan fingerprint density at radius 3 is 2.79 bits per heavy atom. The number of hydrogen-bond donors (Lipinski definition) is 1. The van der Waals surface area contributed by atoms with E-state index in [9.17, 15) is 0 Å². The van der Waals surface area contributed by atoms with E-state index in [0.29, 0.717) is 17.9 Å². The van der Waals surface area contributed by atoms with Gasteiger partial charge in [-0.3, -0.25) is 0 Å². The van der Waals surface area contributed by atoms with Crippen LogP contribution in [0.4, 0.5) is 0 Å². The van der Waals surface area contributed by atoms with Gasteiger partial charge in [-0.15, -0.1) is 10.2 Å². The molecule has 0 spiro atoms. The lowest BCUT2D eigenvalue weighted by Crippen LogP contribution is -2.27. The van der Waals surface area contributed by atoms with E-state index in [1.165, 1.54) is 6.54 Å². The van der Waals surface area contributed by atoms with E-state index in [-0.39, 0.29) is 0 Å². The summed E-state index contributed by atoms with van der Waals surface area (Å²) in [6.07, 6.45) is 0.934. The van der Waals surface area contributed by atoms with Crippen molar-refractivity contribution in [3.8, 4) is 0 Å². The van der Waals surface area contributed by atoms with Gasteiger partial charge in [0.05, 0.1) is 0 Å². The number of tetrazole rings is 1. The predicted molar refractivity (Wildman–Crippen MR) is 52.6 cm³/mol.